The maximum absolute atomic E-state index is 6.19. The van der Waals surface area contributed by atoms with Gasteiger partial charge in [0.25, 0.3) is 0 Å². The van der Waals surface area contributed by atoms with Crippen molar-refractivity contribution in [2.24, 2.45) is 0 Å². The van der Waals surface area contributed by atoms with Crippen LogP contribution in [0.15, 0.2) is 18.2 Å². The van der Waals surface area contributed by atoms with Crippen molar-refractivity contribution in [2.45, 2.75) is 38.2 Å². The van der Waals surface area contributed by atoms with Crippen molar-refractivity contribution >= 4 is 11.6 Å². The second-order valence-corrected chi connectivity index (χ2v) is 4.40. The third kappa shape index (κ3) is 1.74. The first-order valence-electron chi connectivity index (χ1n) is 5.14. The van der Waals surface area contributed by atoms with Gasteiger partial charge in [-0.15, -0.1) is 11.6 Å². The summed E-state index contributed by atoms with van der Waals surface area (Å²) < 4.78 is 5.63. The second kappa shape index (κ2) is 3.82. The predicted molar refractivity (Wildman–Crippen MR) is 59.1 cm³/mol. The van der Waals surface area contributed by atoms with Gasteiger partial charge in [0, 0.05) is 6.42 Å². The molecule has 76 valence electrons. The zero-order valence-electron chi connectivity index (χ0n) is 8.59. The topological polar surface area (TPSA) is 9.23 Å². The molecule has 2 heteroatoms. The third-order valence-corrected chi connectivity index (χ3v) is 3.20. The molecule has 1 aliphatic rings. The van der Waals surface area contributed by atoms with Crippen molar-refractivity contribution in [3.8, 4) is 5.75 Å². The fourth-order valence-electron chi connectivity index (χ4n) is 1.87. The van der Waals surface area contributed by atoms with Crippen molar-refractivity contribution in [1.29, 1.82) is 0 Å². The summed E-state index contributed by atoms with van der Waals surface area (Å²) in [6, 6.07) is 6.29. The van der Waals surface area contributed by atoms with E-state index in [-0.39, 0.29) is 5.38 Å². The Morgan fingerprint density at radius 1 is 1.57 bits per heavy atom. The van der Waals surface area contributed by atoms with Gasteiger partial charge in [0.1, 0.15) is 11.9 Å². The summed E-state index contributed by atoms with van der Waals surface area (Å²) in [6.45, 7) is 4.20. The lowest BCUT2D eigenvalue weighted by molar-refractivity contribution is 0.254. The van der Waals surface area contributed by atoms with Gasteiger partial charge in [-0.2, -0.15) is 0 Å². The Balaban J connectivity index is 2.28. The molecule has 0 saturated heterocycles. The van der Waals surface area contributed by atoms with Crippen molar-refractivity contribution in [1.82, 2.24) is 0 Å². The molecular formula is C12H15ClO. The number of ether oxygens (including phenoxy) is 1. The maximum atomic E-state index is 6.19. The van der Waals surface area contributed by atoms with Crippen molar-refractivity contribution in [3.63, 3.8) is 0 Å². The molecule has 14 heavy (non-hydrogen) atoms. The van der Waals surface area contributed by atoms with Crippen molar-refractivity contribution in [3.05, 3.63) is 29.3 Å². The van der Waals surface area contributed by atoms with Gasteiger partial charge in [-0.25, -0.2) is 0 Å². The van der Waals surface area contributed by atoms with E-state index in [0.717, 1.165) is 18.6 Å². The van der Waals surface area contributed by atoms with Crippen molar-refractivity contribution < 1.29 is 4.74 Å². The van der Waals surface area contributed by atoms with Gasteiger partial charge < -0.3 is 4.74 Å². The largest absolute Gasteiger partial charge is 0.490 e. The summed E-state index contributed by atoms with van der Waals surface area (Å²) >= 11 is 6.19. The highest BCUT2D eigenvalue weighted by Gasteiger charge is 2.19. The smallest absolute Gasteiger partial charge is 0.123 e. The number of hydrogen-bond donors (Lipinski definition) is 0. The van der Waals surface area contributed by atoms with E-state index in [0.29, 0.717) is 6.10 Å². The zero-order chi connectivity index (χ0) is 10.1. The molecule has 0 radical (unpaired) electrons. The summed E-state index contributed by atoms with van der Waals surface area (Å²) in [7, 11) is 0. The van der Waals surface area contributed by atoms with Gasteiger partial charge in [0.15, 0.2) is 0 Å². The van der Waals surface area contributed by atoms with E-state index in [1.54, 1.807) is 0 Å². The quantitative estimate of drug-likeness (QED) is 0.677. The highest BCUT2D eigenvalue weighted by molar-refractivity contribution is 6.20. The molecule has 1 aromatic carbocycles. The summed E-state index contributed by atoms with van der Waals surface area (Å²) in [5.74, 6) is 1.03. The molecule has 1 nitrogen and oxygen atoms in total. The lowest BCUT2D eigenvalue weighted by atomic mass is 10.0. The van der Waals surface area contributed by atoms with Crippen LogP contribution in [-0.2, 0) is 6.42 Å². The van der Waals surface area contributed by atoms with E-state index >= 15 is 0 Å². The Bertz CT molecular complexity index is 335. The molecule has 1 aromatic rings. The lowest BCUT2D eigenvalue weighted by Crippen LogP contribution is -2.05. The Morgan fingerprint density at radius 3 is 3.07 bits per heavy atom. The highest BCUT2D eigenvalue weighted by Crippen LogP contribution is 2.33. The molecule has 0 aromatic heterocycles. The molecule has 0 spiro atoms. The van der Waals surface area contributed by atoms with Gasteiger partial charge in [0.05, 0.1) is 5.38 Å². The van der Waals surface area contributed by atoms with Gasteiger partial charge in [-0.3, -0.25) is 0 Å². The number of rotatable bonds is 2. The van der Waals surface area contributed by atoms with Crippen LogP contribution < -0.4 is 4.74 Å². The molecule has 0 N–H and O–H groups in total. The molecule has 2 atom stereocenters. The molecule has 1 heterocycles. The first-order valence-corrected chi connectivity index (χ1v) is 5.58. The Morgan fingerprint density at radius 2 is 2.36 bits per heavy atom. The van der Waals surface area contributed by atoms with Crippen LogP contribution in [0.25, 0.3) is 0 Å². The van der Waals surface area contributed by atoms with E-state index in [9.17, 15) is 0 Å². The molecule has 0 amide bonds. The summed E-state index contributed by atoms with van der Waals surface area (Å²) in [5, 5.41) is 0.135. The van der Waals surface area contributed by atoms with Crippen LogP contribution in [0.3, 0.4) is 0 Å². The second-order valence-electron chi connectivity index (χ2n) is 3.88. The highest BCUT2D eigenvalue weighted by atomic mass is 35.5. The minimum absolute atomic E-state index is 0.135. The zero-order valence-corrected chi connectivity index (χ0v) is 9.34. The first kappa shape index (κ1) is 9.85. The van der Waals surface area contributed by atoms with E-state index in [2.05, 4.69) is 26.0 Å². The van der Waals surface area contributed by atoms with E-state index in [1.807, 2.05) is 6.07 Å². The predicted octanol–water partition coefficient (Wildman–Crippen LogP) is 3.70. The SMILES string of the molecule is CCC(Cl)c1ccc2c(c1)CC(C)O2. The maximum Gasteiger partial charge on any atom is 0.123 e. The Kier molecular flexibility index (Phi) is 2.69. The van der Waals surface area contributed by atoms with Crippen LogP contribution in [0.5, 0.6) is 5.75 Å². The minimum Gasteiger partial charge on any atom is -0.490 e. The number of fused-ring (bicyclic) bond motifs is 1. The third-order valence-electron chi connectivity index (χ3n) is 2.64. The van der Waals surface area contributed by atoms with Gasteiger partial charge >= 0.3 is 0 Å². The number of alkyl halides is 1. The van der Waals surface area contributed by atoms with Crippen LogP contribution in [0.1, 0.15) is 36.8 Å². The normalized spacial score (nSPS) is 21.5. The molecular weight excluding hydrogens is 196 g/mol. The molecule has 2 rings (SSSR count). The molecule has 2 unspecified atom stereocenters. The van der Waals surface area contributed by atoms with E-state index in [1.165, 1.54) is 11.1 Å². The molecule has 0 saturated carbocycles. The fraction of sp³-hybridized carbons (Fsp3) is 0.500. The Hall–Kier alpha value is -0.690. The van der Waals surface area contributed by atoms with Crippen LogP contribution in [-0.4, -0.2) is 6.10 Å². The monoisotopic (exact) mass is 210 g/mol. The Labute approximate surface area is 90.0 Å². The lowest BCUT2D eigenvalue weighted by Gasteiger charge is -2.08. The van der Waals surface area contributed by atoms with E-state index < -0.39 is 0 Å². The van der Waals surface area contributed by atoms with Gasteiger partial charge in [-0.1, -0.05) is 19.1 Å². The van der Waals surface area contributed by atoms with Crippen LogP contribution in [0.4, 0.5) is 0 Å². The molecule has 1 aliphatic heterocycles. The van der Waals surface area contributed by atoms with Crippen LogP contribution in [0.2, 0.25) is 0 Å². The molecule has 0 fully saturated rings. The molecule has 0 aliphatic carbocycles. The number of hydrogen-bond acceptors (Lipinski definition) is 1. The summed E-state index contributed by atoms with van der Waals surface area (Å²) in [6.07, 6.45) is 2.29. The number of halogens is 1. The average molecular weight is 211 g/mol. The molecule has 0 bridgehead atoms. The number of benzene rings is 1. The average Bonchev–Trinajstić information content (AvgIpc) is 2.55. The first-order chi connectivity index (χ1) is 6.70. The minimum atomic E-state index is 0.135. The van der Waals surface area contributed by atoms with Crippen molar-refractivity contribution in [2.75, 3.05) is 0 Å². The summed E-state index contributed by atoms with van der Waals surface area (Å²) in [5.41, 5.74) is 2.51. The van der Waals surface area contributed by atoms with Crippen LogP contribution in [0, 0.1) is 0 Å². The van der Waals surface area contributed by atoms with Gasteiger partial charge in [0.2, 0.25) is 0 Å². The van der Waals surface area contributed by atoms with Gasteiger partial charge in [-0.05, 0) is 30.5 Å². The summed E-state index contributed by atoms with van der Waals surface area (Å²) in [4.78, 5) is 0. The van der Waals surface area contributed by atoms with E-state index in [4.69, 9.17) is 16.3 Å². The van der Waals surface area contributed by atoms with Crippen LogP contribution >= 0.6 is 11.6 Å². The fourth-order valence-corrected chi connectivity index (χ4v) is 2.01. The standard InChI is InChI=1S/C12H15ClO/c1-3-11(13)9-4-5-12-10(7-9)6-8(2)14-12/h4-5,7-8,11H,3,6H2,1-2H3.